The molecule has 0 saturated carbocycles. The number of ether oxygens (including phenoxy) is 4. The van der Waals surface area contributed by atoms with Gasteiger partial charge >= 0.3 is 0 Å². The molecule has 6 nitrogen and oxygen atoms in total. The summed E-state index contributed by atoms with van der Waals surface area (Å²) in [6.45, 7) is 2.98. The number of aromatic nitrogens is 2. The lowest BCUT2D eigenvalue weighted by molar-refractivity contribution is 0.128. The van der Waals surface area contributed by atoms with Gasteiger partial charge in [0.05, 0.1) is 0 Å². The van der Waals surface area contributed by atoms with Crippen molar-refractivity contribution in [1.29, 1.82) is 0 Å². The van der Waals surface area contributed by atoms with E-state index in [0.29, 0.717) is 40.7 Å². The van der Waals surface area contributed by atoms with Crippen LogP contribution in [0.2, 0.25) is 5.15 Å². The lowest BCUT2D eigenvalue weighted by atomic mass is 10.3. The second-order valence-corrected chi connectivity index (χ2v) is 4.59. The molecule has 110 valence electrons. The summed E-state index contributed by atoms with van der Waals surface area (Å²) >= 11 is 5.96. The van der Waals surface area contributed by atoms with Crippen molar-refractivity contribution in [1.82, 2.24) is 9.97 Å². The summed E-state index contributed by atoms with van der Waals surface area (Å²) in [5, 5.41) is 0.301. The van der Waals surface area contributed by atoms with E-state index in [2.05, 4.69) is 9.97 Å². The van der Waals surface area contributed by atoms with Gasteiger partial charge in [-0.1, -0.05) is 11.6 Å². The fourth-order valence-electron chi connectivity index (χ4n) is 1.81. The van der Waals surface area contributed by atoms with E-state index in [9.17, 15) is 0 Å². The monoisotopic (exact) mass is 308 g/mol. The molecule has 1 aliphatic heterocycles. The first-order chi connectivity index (χ1) is 10.2. The minimum Gasteiger partial charge on any atom is -0.454 e. The van der Waals surface area contributed by atoms with Gasteiger partial charge in [-0.3, -0.25) is 0 Å². The molecule has 0 N–H and O–H groups in total. The van der Waals surface area contributed by atoms with E-state index in [1.54, 1.807) is 24.3 Å². The smallest absolute Gasteiger partial charge is 0.231 e. The first-order valence-electron chi connectivity index (χ1n) is 6.43. The molecule has 0 saturated heterocycles. The predicted molar refractivity (Wildman–Crippen MR) is 75.0 cm³/mol. The van der Waals surface area contributed by atoms with Crippen molar-refractivity contribution in [2.75, 3.05) is 13.4 Å². The molecule has 3 rings (SSSR count). The minimum atomic E-state index is 0.219. The molecule has 0 atom stereocenters. The van der Waals surface area contributed by atoms with Gasteiger partial charge in [0.25, 0.3) is 0 Å². The highest BCUT2D eigenvalue weighted by Crippen LogP contribution is 2.36. The zero-order chi connectivity index (χ0) is 14.7. The normalized spacial score (nSPS) is 12.5. The molecule has 1 aliphatic rings. The van der Waals surface area contributed by atoms with Crippen LogP contribution in [-0.4, -0.2) is 23.4 Å². The van der Waals surface area contributed by atoms with Crippen molar-refractivity contribution in [3.63, 3.8) is 0 Å². The maximum atomic E-state index is 5.96. The maximum absolute atomic E-state index is 5.96. The van der Waals surface area contributed by atoms with E-state index in [1.165, 1.54) is 0 Å². The van der Waals surface area contributed by atoms with E-state index in [4.69, 9.17) is 30.5 Å². The third-order valence-corrected chi connectivity index (χ3v) is 2.91. The average molecular weight is 309 g/mol. The molecule has 0 amide bonds. The summed E-state index contributed by atoms with van der Waals surface area (Å²) in [6, 6.07) is 6.83. The molecule has 1 aromatic heterocycles. The van der Waals surface area contributed by atoms with E-state index in [1.807, 2.05) is 6.92 Å². The van der Waals surface area contributed by atoms with Crippen LogP contribution in [0.25, 0.3) is 0 Å². The quantitative estimate of drug-likeness (QED) is 0.790. The molecule has 0 spiro atoms. The van der Waals surface area contributed by atoms with Gasteiger partial charge in [-0.15, -0.1) is 0 Å². The van der Waals surface area contributed by atoms with Crippen LogP contribution >= 0.6 is 11.6 Å². The predicted octanol–water partition coefficient (Wildman–Crippen LogP) is 3.19. The van der Waals surface area contributed by atoms with Crippen molar-refractivity contribution in [3.8, 4) is 23.1 Å². The molecule has 2 aromatic rings. The Kier molecular flexibility index (Phi) is 4.08. The molecule has 1 aromatic carbocycles. The van der Waals surface area contributed by atoms with Crippen molar-refractivity contribution in [3.05, 3.63) is 35.2 Å². The fraction of sp³-hybridized carbons (Fsp3) is 0.286. The van der Waals surface area contributed by atoms with Gasteiger partial charge in [-0.05, 0) is 19.1 Å². The van der Waals surface area contributed by atoms with Crippen molar-refractivity contribution in [2.45, 2.75) is 13.5 Å². The lowest BCUT2D eigenvalue weighted by Gasteiger charge is -2.07. The van der Waals surface area contributed by atoms with Gasteiger partial charge in [-0.2, -0.15) is 4.98 Å². The summed E-state index contributed by atoms with van der Waals surface area (Å²) in [5.74, 6) is 2.74. The van der Waals surface area contributed by atoms with E-state index < -0.39 is 0 Å². The Hall–Kier alpha value is -2.05. The average Bonchev–Trinajstić information content (AvgIpc) is 2.92. The number of benzene rings is 1. The highest BCUT2D eigenvalue weighted by molar-refractivity contribution is 6.29. The van der Waals surface area contributed by atoms with Crippen molar-refractivity contribution >= 4 is 11.6 Å². The number of fused-ring (bicyclic) bond motifs is 1. The second kappa shape index (κ2) is 6.15. The summed E-state index contributed by atoms with van der Waals surface area (Å²) < 4.78 is 21.5. The first kappa shape index (κ1) is 13.9. The first-order valence-corrected chi connectivity index (χ1v) is 6.81. The minimum absolute atomic E-state index is 0.219. The van der Waals surface area contributed by atoms with Crippen LogP contribution in [0, 0.1) is 0 Å². The van der Waals surface area contributed by atoms with Crippen LogP contribution in [-0.2, 0) is 11.3 Å². The van der Waals surface area contributed by atoms with E-state index in [0.717, 1.165) is 0 Å². The standard InChI is InChI=1S/C14H13ClN2O4/c1-2-18-7-13-16-12(15)6-14(17-13)21-9-3-4-10-11(5-9)20-8-19-10/h3-6H,2,7-8H2,1H3. The van der Waals surface area contributed by atoms with Gasteiger partial charge in [0, 0.05) is 18.7 Å². The van der Waals surface area contributed by atoms with Crippen LogP contribution in [0.3, 0.4) is 0 Å². The second-order valence-electron chi connectivity index (χ2n) is 4.20. The molecule has 7 heteroatoms. The molecular weight excluding hydrogens is 296 g/mol. The van der Waals surface area contributed by atoms with E-state index in [-0.39, 0.29) is 13.4 Å². The summed E-state index contributed by atoms with van der Waals surface area (Å²) in [6.07, 6.45) is 0. The number of rotatable bonds is 5. The van der Waals surface area contributed by atoms with Gasteiger partial charge in [0.15, 0.2) is 17.3 Å². The summed E-state index contributed by atoms with van der Waals surface area (Å²) in [4.78, 5) is 8.32. The molecule has 0 radical (unpaired) electrons. The third kappa shape index (κ3) is 3.34. The number of hydrogen-bond acceptors (Lipinski definition) is 6. The van der Waals surface area contributed by atoms with Gasteiger partial charge in [-0.25, -0.2) is 4.98 Å². The topological polar surface area (TPSA) is 62.7 Å². The highest BCUT2D eigenvalue weighted by Gasteiger charge is 2.14. The number of nitrogens with zero attached hydrogens (tertiary/aromatic N) is 2. The maximum Gasteiger partial charge on any atom is 0.231 e. The Morgan fingerprint density at radius 1 is 1.19 bits per heavy atom. The van der Waals surface area contributed by atoms with Crippen LogP contribution < -0.4 is 14.2 Å². The molecule has 0 fully saturated rings. The third-order valence-electron chi connectivity index (χ3n) is 2.72. The SMILES string of the molecule is CCOCc1nc(Cl)cc(Oc2ccc3c(c2)OCO3)n1. The molecule has 21 heavy (non-hydrogen) atoms. The Morgan fingerprint density at radius 3 is 2.90 bits per heavy atom. The van der Waals surface area contributed by atoms with Crippen LogP contribution in [0.4, 0.5) is 0 Å². The van der Waals surface area contributed by atoms with E-state index >= 15 is 0 Å². The lowest BCUT2D eigenvalue weighted by Crippen LogP contribution is -2.01. The van der Waals surface area contributed by atoms with Gasteiger partial charge in [0.2, 0.25) is 12.7 Å². The van der Waals surface area contributed by atoms with Gasteiger partial charge < -0.3 is 18.9 Å². The Labute approximate surface area is 126 Å². The highest BCUT2D eigenvalue weighted by atomic mass is 35.5. The Morgan fingerprint density at radius 2 is 2.05 bits per heavy atom. The number of halogens is 1. The molecule has 0 aliphatic carbocycles. The summed E-state index contributed by atoms with van der Waals surface area (Å²) in [7, 11) is 0. The van der Waals surface area contributed by atoms with Crippen LogP contribution in [0.5, 0.6) is 23.1 Å². The fourth-order valence-corrected chi connectivity index (χ4v) is 2.00. The Balaban J connectivity index is 1.79. The number of hydrogen-bond donors (Lipinski definition) is 0. The Bertz CT molecular complexity index is 651. The molecular formula is C14H13ClN2O4. The van der Waals surface area contributed by atoms with Crippen molar-refractivity contribution < 1.29 is 18.9 Å². The zero-order valence-electron chi connectivity index (χ0n) is 11.3. The zero-order valence-corrected chi connectivity index (χ0v) is 12.1. The largest absolute Gasteiger partial charge is 0.454 e. The summed E-state index contributed by atoms with van der Waals surface area (Å²) in [5.41, 5.74) is 0. The molecule has 0 bridgehead atoms. The van der Waals surface area contributed by atoms with Crippen molar-refractivity contribution in [2.24, 2.45) is 0 Å². The van der Waals surface area contributed by atoms with Crippen LogP contribution in [0.1, 0.15) is 12.7 Å². The molecule has 0 unspecified atom stereocenters. The van der Waals surface area contributed by atoms with Crippen LogP contribution in [0.15, 0.2) is 24.3 Å². The molecule has 2 heterocycles. The van der Waals surface area contributed by atoms with Gasteiger partial charge in [0.1, 0.15) is 17.5 Å².